The van der Waals surface area contributed by atoms with Gasteiger partial charge in [0.25, 0.3) is 0 Å². The number of hydrogen-bond donors (Lipinski definition) is 1. The van der Waals surface area contributed by atoms with Crippen LogP contribution in [0.2, 0.25) is 0 Å². The maximum Gasteiger partial charge on any atom is 0.236 e. The molecule has 0 bridgehead atoms. The van der Waals surface area contributed by atoms with Crippen LogP contribution in [0.25, 0.3) is 0 Å². The van der Waals surface area contributed by atoms with Gasteiger partial charge in [0.15, 0.2) is 0 Å². The van der Waals surface area contributed by atoms with Crippen LogP contribution in [0.4, 0.5) is 0 Å². The minimum atomic E-state index is 0.340. The highest BCUT2D eigenvalue weighted by molar-refractivity contribution is 5.78. The number of carbonyl (C=O) groups excluding carboxylic acids is 1. The largest absolute Gasteiger partial charge is 0.339 e. The number of amides is 1. The van der Waals surface area contributed by atoms with Crippen molar-refractivity contribution >= 4 is 5.91 Å². The first kappa shape index (κ1) is 15.8. The molecular weight excluding hydrogens is 250 g/mol. The van der Waals surface area contributed by atoms with Crippen LogP contribution in [0.3, 0.4) is 0 Å². The van der Waals surface area contributed by atoms with E-state index in [1.54, 1.807) is 0 Å². The van der Waals surface area contributed by atoms with E-state index >= 15 is 0 Å². The molecule has 1 N–H and O–H groups in total. The molecule has 1 saturated heterocycles. The topological polar surface area (TPSA) is 35.6 Å². The number of piperidine rings is 1. The highest BCUT2D eigenvalue weighted by atomic mass is 16.2. The van der Waals surface area contributed by atoms with Crippen molar-refractivity contribution in [2.45, 2.75) is 52.0 Å². The van der Waals surface area contributed by atoms with Crippen molar-refractivity contribution in [2.24, 2.45) is 5.92 Å². The summed E-state index contributed by atoms with van der Waals surface area (Å²) in [5.74, 6) is 1.06. The fraction of sp³-hybridized carbons (Fsp3) is 0.938. The first-order chi connectivity index (χ1) is 9.74. The molecule has 116 valence electrons. The van der Waals surface area contributed by atoms with Gasteiger partial charge >= 0.3 is 0 Å². The monoisotopic (exact) mass is 281 g/mol. The van der Waals surface area contributed by atoms with Crippen molar-refractivity contribution in [2.75, 3.05) is 39.3 Å². The Morgan fingerprint density at radius 1 is 1.25 bits per heavy atom. The van der Waals surface area contributed by atoms with Crippen LogP contribution in [0.1, 0.15) is 46.0 Å². The Balaban J connectivity index is 1.81. The SMILES string of the molecule is CCCN(CC(=O)N(CC)C1CC1)CC1CCCNC1. The van der Waals surface area contributed by atoms with E-state index in [-0.39, 0.29) is 0 Å². The molecule has 1 atom stereocenters. The number of nitrogens with one attached hydrogen (secondary N) is 1. The third kappa shape index (κ3) is 4.74. The van der Waals surface area contributed by atoms with Crippen molar-refractivity contribution < 1.29 is 4.79 Å². The molecular formula is C16H31N3O. The Morgan fingerprint density at radius 2 is 2.05 bits per heavy atom. The summed E-state index contributed by atoms with van der Waals surface area (Å²) in [7, 11) is 0. The number of hydrogen-bond acceptors (Lipinski definition) is 3. The number of carbonyl (C=O) groups is 1. The van der Waals surface area contributed by atoms with Gasteiger partial charge < -0.3 is 10.2 Å². The second-order valence-corrected chi connectivity index (χ2v) is 6.36. The van der Waals surface area contributed by atoms with E-state index in [9.17, 15) is 4.79 Å². The fourth-order valence-electron chi connectivity index (χ4n) is 3.30. The molecule has 0 radical (unpaired) electrons. The quantitative estimate of drug-likeness (QED) is 0.736. The summed E-state index contributed by atoms with van der Waals surface area (Å²) >= 11 is 0. The van der Waals surface area contributed by atoms with Gasteiger partial charge in [-0.3, -0.25) is 9.69 Å². The zero-order valence-corrected chi connectivity index (χ0v) is 13.2. The Morgan fingerprint density at radius 3 is 2.60 bits per heavy atom. The standard InChI is InChI=1S/C16H31N3O/c1-3-10-18(12-14-6-5-9-17-11-14)13-16(20)19(4-2)15-7-8-15/h14-15,17H,3-13H2,1-2H3. The Kier molecular flexibility index (Phi) is 6.30. The molecule has 0 aromatic carbocycles. The molecule has 0 aromatic rings. The highest BCUT2D eigenvalue weighted by Gasteiger charge is 2.32. The van der Waals surface area contributed by atoms with Crippen molar-refractivity contribution in [3.63, 3.8) is 0 Å². The summed E-state index contributed by atoms with van der Waals surface area (Å²) in [6, 6.07) is 0.548. The molecule has 1 heterocycles. The summed E-state index contributed by atoms with van der Waals surface area (Å²) in [6.07, 6.45) is 6.13. The lowest BCUT2D eigenvalue weighted by molar-refractivity contribution is -0.133. The van der Waals surface area contributed by atoms with Gasteiger partial charge in [0.1, 0.15) is 0 Å². The van der Waals surface area contributed by atoms with Crippen molar-refractivity contribution in [1.29, 1.82) is 0 Å². The first-order valence-electron chi connectivity index (χ1n) is 8.47. The molecule has 0 aromatic heterocycles. The molecule has 2 aliphatic rings. The summed E-state index contributed by atoms with van der Waals surface area (Å²) in [5.41, 5.74) is 0. The van der Waals surface area contributed by atoms with Crippen molar-refractivity contribution in [3.05, 3.63) is 0 Å². The van der Waals surface area contributed by atoms with E-state index in [0.29, 0.717) is 18.5 Å². The summed E-state index contributed by atoms with van der Waals surface area (Å²) in [5, 5.41) is 3.48. The fourth-order valence-corrected chi connectivity index (χ4v) is 3.30. The summed E-state index contributed by atoms with van der Waals surface area (Å²) < 4.78 is 0. The molecule has 0 spiro atoms. The van der Waals surface area contributed by atoms with E-state index in [1.807, 2.05) is 0 Å². The molecule has 2 rings (SSSR count). The second kappa shape index (κ2) is 7.99. The van der Waals surface area contributed by atoms with Gasteiger partial charge in [-0.2, -0.15) is 0 Å². The molecule has 2 fully saturated rings. The van der Waals surface area contributed by atoms with Crippen LogP contribution in [-0.2, 0) is 4.79 Å². The third-order valence-corrected chi connectivity index (χ3v) is 4.46. The van der Waals surface area contributed by atoms with E-state index in [4.69, 9.17) is 0 Å². The minimum Gasteiger partial charge on any atom is -0.339 e. The lowest BCUT2D eigenvalue weighted by atomic mass is 9.99. The van der Waals surface area contributed by atoms with E-state index in [1.165, 1.54) is 25.7 Å². The van der Waals surface area contributed by atoms with E-state index < -0.39 is 0 Å². The van der Waals surface area contributed by atoms with Gasteiger partial charge in [-0.15, -0.1) is 0 Å². The predicted molar refractivity (Wildman–Crippen MR) is 82.7 cm³/mol. The van der Waals surface area contributed by atoms with Crippen LogP contribution in [0.5, 0.6) is 0 Å². The zero-order chi connectivity index (χ0) is 14.4. The van der Waals surface area contributed by atoms with E-state index in [2.05, 4.69) is 29.0 Å². The van der Waals surface area contributed by atoms with Crippen LogP contribution < -0.4 is 5.32 Å². The molecule has 4 nitrogen and oxygen atoms in total. The third-order valence-electron chi connectivity index (χ3n) is 4.46. The zero-order valence-electron chi connectivity index (χ0n) is 13.2. The van der Waals surface area contributed by atoms with Crippen LogP contribution >= 0.6 is 0 Å². The van der Waals surface area contributed by atoms with Crippen molar-refractivity contribution in [1.82, 2.24) is 15.1 Å². The van der Waals surface area contributed by atoms with E-state index in [0.717, 1.165) is 45.1 Å². The predicted octanol–water partition coefficient (Wildman–Crippen LogP) is 1.71. The van der Waals surface area contributed by atoms with Gasteiger partial charge in [0.2, 0.25) is 5.91 Å². The number of nitrogens with zero attached hydrogens (tertiary/aromatic N) is 2. The average Bonchev–Trinajstić information content (AvgIpc) is 3.25. The number of likely N-dealkylation sites (N-methyl/N-ethyl adjacent to an activating group) is 1. The van der Waals surface area contributed by atoms with Gasteiger partial charge in [0.05, 0.1) is 6.54 Å². The molecule has 20 heavy (non-hydrogen) atoms. The number of rotatable bonds is 8. The maximum atomic E-state index is 12.5. The van der Waals surface area contributed by atoms with Crippen LogP contribution in [0.15, 0.2) is 0 Å². The summed E-state index contributed by atoms with van der Waals surface area (Å²) in [4.78, 5) is 16.9. The summed E-state index contributed by atoms with van der Waals surface area (Å²) in [6.45, 7) is 10.2. The van der Waals surface area contributed by atoms with Gasteiger partial charge in [-0.05, 0) is 64.6 Å². The lowest BCUT2D eigenvalue weighted by Crippen LogP contribution is -2.45. The molecule has 1 aliphatic carbocycles. The van der Waals surface area contributed by atoms with Gasteiger partial charge in [0, 0.05) is 19.1 Å². The van der Waals surface area contributed by atoms with Gasteiger partial charge in [-0.25, -0.2) is 0 Å². The second-order valence-electron chi connectivity index (χ2n) is 6.36. The molecule has 1 amide bonds. The first-order valence-corrected chi connectivity index (χ1v) is 8.47. The minimum absolute atomic E-state index is 0.340. The Hall–Kier alpha value is -0.610. The average molecular weight is 281 g/mol. The van der Waals surface area contributed by atoms with Crippen LogP contribution in [-0.4, -0.2) is 61.0 Å². The highest BCUT2D eigenvalue weighted by Crippen LogP contribution is 2.26. The maximum absolute atomic E-state index is 12.5. The molecule has 1 saturated carbocycles. The smallest absolute Gasteiger partial charge is 0.236 e. The lowest BCUT2D eigenvalue weighted by Gasteiger charge is -2.31. The molecule has 1 aliphatic heterocycles. The van der Waals surface area contributed by atoms with Gasteiger partial charge in [-0.1, -0.05) is 6.92 Å². The Labute approximate surface area is 123 Å². The Bertz CT molecular complexity index is 298. The van der Waals surface area contributed by atoms with Crippen LogP contribution in [0, 0.1) is 5.92 Å². The molecule has 4 heteroatoms. The van der Waals surface area contributed by atoms with Crippen molar-refractivity contribution in [3.8, 4) is 0 Å². The molecule has 1 unspecified atom stereocenters. The normalized spacial score (nSPS) is 23.1.